The summed E-state index contributed by atoms with van der Waals surface area (Å²) in [4.78, 5) is 24.5. The molecule has 102 valence electrons. The van der Waals surface area contributed by atoms with Crippen molar-refractivity contribution in [2.45, 2.75) is 6.61 Å². The average molecular weight is 276 g/mol. The smallest absolute Gasteiger partial charge is 0.270 e. The zero-order valence-corrected chi connectivity index (χ0v) is 10.2. The molecule has 0 radical (unpaired) electrons. The molecular formula is C13H9FN2O4. The number of ether oxygens (including phenoxy) is 1. The third-order valence-corrected chi connectivity index (χ3v) is 2.49. The van der Waals surface area contributed by atoms with E-state index < -0.39 is 10.7 Å². The summed E-state index contributed by atoms with van der Waals surface area (Å²) in [6.07, 6.45) is 2.95. The molecule has 0 unspecified atom stereocenters. The van der Waals surface area contributed by atoms with Gasteiger partial charge in [0.05, 0.1) is 16.7 Å². The number of pyridine rings is 1. The van der Waals surface area contributed by atoms with Crippen LogP contribution in [0.2, 0.25) is 0 Å². The van der Waals surface area contributed by atoms with Crippen molar-refractivity contribution in [1.82, 2.24) is 4.98 Å². The Morgan fingerprint density at radius 1 is 1.35 bits per heavy atom. The zero-order valence-electron chi connectivity index (χ0n) is 10.2. The molecule has 1 aromatic carbocycles. The second kappa shape index (κ2) is 5.87. The van der Waals surface area contributed by atoms with Gasteiger partial charge in [-0.15, -0.1) is 0 Å². The van der Waals surface area contributed by atoms with E-state index in [4.69, 9.17) is 4.74 Å². The van der Waals surface area contributed by atoms with Crippen LogP contribution in [0.25, 0.3) is 0 Å². The number of halogens is 1. The number of aromatic nitrogens is 1. The molecule has 0 aliphatic carbocycles. The minimum Gasteiger partial charge on any atom is -0.488 e. The number of nitrogens with zero attached hydrogens (tertiary/aromatic N) is 2. The van der Waals surface area contributed by atoms with Crippen LogP contribution in [0.15, 0.2) is 36.7 Å². The Kier molecular flexibility index (Phi) is 3.99. The van der Waals surface area contributed by atoms with Gasteiger partial charge in [-0.25, -0.2) is 4.39 Å². The van der Waals surface area contributed by atoms with Gasteiger partial charge in [0.1, 0.15) is 18.2 Å². The van der Waals surface area contributed by atoms with Crippen molar-refractivity contribution >= 4 is 12.0 Å². The Bertz CT molecular complexity index is 661. The highest BCUT2D eigenvalue weighted by Crippen LogP contribution is 2.23. The van der Waals surface area contributed by atoms with Crippen molar-refractivity contribution in [2.75, 3.05) is 0 Å². The molecule has 6 nitrogen and oxygen atoms in total. The maximum Gasteiger partial charge on any atom is 0.270 e. The van der Waals surface area contributed by atoms with Gasteiger partial charge < -0.3 is 4.74 Å². The van der Waals surface area contributed by atoms with E-state index in [0.29, 0.717) is 11.8 Å². The van der Waals surface area contributed by atoms with Crippen molar-refractivity contribution in [1.29, 1.82) is 0 Å². The van der Waals surface area contributed by atoms with Crippen molar-refractivity contribution in [3.8, 4) is 5.75 Å². The summed E-state index contributed by atoms with van der Waals surface area (Å²) in [5, 5.41) is 10.6. The summed E-state index contributed by atoms with van der Waals surface area (Å²) in [5.74, 6) is -0.305. The predicted molar refractivity (Wildman–Crippen MR) is 67.0 cm³/mol. The molecule has 0 amide bonds. The van der Waals surface area contributed by atoms with E-state index in [9.17, 15) is 19.3 Å². The summed E-state index contributed by atoms with van der Waals surface area (Å²) in [7, 11) is 0. The molecule has 7 heteroatoms. The third-order valence-electron chi connectivity index (χ3n) is 2.49. The lowest BCUT2D eigenvalue weighted by Crippen LogP contribution is -2.00. The van der Waals surface area contributed by atoms with E-state index in [-0.39, 0.29) is 23.6 Å². The first-order chi connectivity index (χ1) is 9.60. The quantitative estimate of drug-likeness (QED) is 0.476. The van der Waals surface area contributed by atoms with Crippen molar-refractivity contribution in [3.05, 3.63) is 63.7 Å². The first kappa shape index (κ1) is 13.6. The molecule has 0 fully saturated rings. The van der Waals surface area contributed by atoms with Crippen LogP contribution in [-0.2, 0) is 6.61 Å². The van der Waals surface area contributed by atoms with Crippen LogP contribution in [-0.4, -0.2) is 16.2 Å². The summed E-state index contributed by atoms with van der Waals surface area (Å²) in [6, 6.07) is 4.92. The zero-order chi connectivity index (χ0) is 14.5. The van der Waals surface area contributed by atoms with E-state index in [1.807, 2.05) is 0 Å². The molecule has 2 rings (SSSR count). The molecule has 0 atom stereocenters. The SMILES string of the molecule is O=Cc1cc([N+](=O)[O-])ccc1OCc1cncc(F)c1. The molecule has 0 saturated carbocycles. The number of rotatable bonds is 5. The van der Waals surface area contributed by atoms with E-state index in [2.05, 4.69) is 4.98 Å². The standard InChI is InChI=1S/C13H9FN2O4/c14-11-3-9(5-15-6-11)8-20-13-2-1-12(16(18)19)4-10(13)7-17/h1-7H,8H2. The molecule has 0 spiro atoms. The van der Waals surface area contributed by atoms with Crippen LogP contribution in [0, 0.1) is 15.9 Å². The van der Waals surface area contributed by atoms with Crippen molar-refractivity contribution < 1.29 is 18.8 Å². The predicted octanol–water partition coefficient (Wildman–Crippen LogP) is 2.52. The van der Waals surface area contributed by atoms with Gasteiger partial charge in [-0.3, -0.25) is 19.9 Å². The molecule has 0 saturated heterocycles. The lowest BCUT2D eigenvalue weighted by molar-refractivity contribution is -0.384. The van der Waals surface area contributed by atoms with E-state index in [1.54, 1.807) is 0 Å². The lowest BCUT2D eigenvalue weighted by atomic mass is 10.2. The van der Waals surface area contributed by atoms with Crippen LogP contribution in [0.4, 0.5) is 10.1 Å². The number of hydrogen-bond donors (Lipinski definition) is 0. The molecule has 0 N–H and O–H groups in total. The first-order valence-electron chi connectivity index (χ1n) is 5.56. The van der Waals surface area contributed by atoms with Crippen LogP contribution in [0.3, 0.4) is 0 Å². The number of nitro benzene ring substituents is 1. The van der Waals surface area contributed by atoms with Crippen LogP contribution in [0.1, 0.15) is 15.9 Å². The van der Waals surface area contributed by atoms with Crippen LogP contribution < -0.4 is 4.74 Å². The Hall–Kier alpha value is -2.83. The van der Waals surface area contributed by atoms with Gasteiger partial charge in [0.15, 0.2) is 6.29 Å². The van der Waals surface area contributed by atoms with Gasteiger partial charge in [0.2, 0.25) is 0 Å². The fourth-order valence-corrected chi connectivity index (χ4v) is 1.57. The van der Waals surface area contributed by atoms with Gasteiger partial charge >= 0.3 is 0 Å². The Balaban J connectivity index is 2.17. The Morgan fingerprint density at radius 2 is 2.15 bits per heavy atom. The number of non-ortho nitro benzene ring substituents is 1. The summed E-state index contributed by atoms with van der Waals surface area (Å²) < 4.78 is 18.3. The second-order valence-corrected chi connectivity index (χ2v) is 3.90. The Morgan fingerprint density at radius 3 is 2.80 bits per heavy atom. The minimum atomic E-state index is -0.604. The largest absolute Gasteiger partial charge is 0.488 e. The molecule has 1 aromatic heterocycles. The van der Waals surface area contributed by atoms with Crippen molar-refractivity contribution in [2.24, 2.45) is 0 Å². The highest BCUT2D eigenvalue weighted by atomic mass is 19.1. The molecule has 20 heavy (non-hydrogen) atoms. The van der Waals surface area contributed by atoms with Crippen LogP contribution in [0.5, 0.6) is 5.75 Å². The van der Waals surface area contributed by atoms with Crippen molar-refractivity contribution in [3.63, 3.8) is 0 Å². The van der Waals surface area contributed by atoms with E-state index in [1.165, 1.54) is 24.4 Å². The number of aldehydes is 1. The number of hydrogen-bond acceptors (Lipinski definition) is 5. The molecule has 0 aliphatic rings. The Labute approximate surface area is 113 Å². The van der Waals surface area contributed by atoms with E-state index >= 15 is 0 Å². The van der Waals surface area contributed by atoms with Gasteiger partial charge in [-0.1, -0.05) is 0 Å². The maximum absolute atomic E-state index is 12.9. The lowest BCUT2D eigenvalue weighted by Gasteiger charge is -2.08. The molecule has 2 aromatic rings. The number of benzene rings is 1. The second-order valence-electron chi connectivity index (χ2n) is 3.90. The van der Waals surface area contributed by atoms with Gasteiger partial charge in [-0.05, 0) is 12.1 Å². The normalized spacial score (nSPS) is 10.1. The highest BCUT2D eigenvalue weighted by molar-refractivity contribution is 5.80. The van der Waals surface area contributed by atoms with Gasteiger partial charge in [0.25, 0.3) is 5.69 Å². The summed E-state index contributed by atoms with van der Waals surface area (Å²) in [6.45, 7) is 0.00338. The molecule has 1 heterocycles. The maximum atomic E-state index is 12.9. The number of nitro groups is 1. The van der Waals surface area contributed by atoms with Crippen LogP contribution >= 0.6 is 0 Å². The molecular weight excluding hydrogens is 267 g/mol. The minimum absolute atomic E-state index is 0.00338. The van der Waals surface area contributed by atoms with Gasteiger partial charge in [-0.2, -0.15) is 0 Å². The highest BCUT2D eigenvalue weighted by Gasteiger charge is 2.11. The number of carbonyl (C=O) groups is 1. The summed E-state index contributed by atoms with van der Waals surface area (Å²) >= 11 is 0. The van der Waals surface area contributed by atoms with Gasteiger partial charge in [0, 0.05) is 23.9 Å². The molecule has 0 aliphatic heterocycles. The van der Waals surface area contributed by atoms with E-state index in [0.717, 1.165) is 12.3 Å². The fraction of sp³-hybridized carbons (Fsp3) is 0.0769. The average Bonchev–Trinajstić information content (AvgIpc) is 2.45. The topological polar surface area (TPSA) is 82.3 Å². The third kappa shape index (κ3) is 3.14. The first-order valence-corrected chi connectivity index (χ1v) is 5.56. The number of carbonyl (C=O) groups excluding carboxylic acids is 1. The summed E-state index contributed by atoms with van der Waals surface area (Å²) in [5.41, 5.74) is 0.343. The monoisotopic (exact) mass is 276 g/mol. The fourth-order valence-electron chi connectivity index (χ4n) is 1.57. The molecule has 0 bridgehead atoms.